The number of carbonyl (C=O) groups excluding carboxylic acids is 1. The van der Waals surface area contributed by atoms with Gasteiger partial charge in [0.25, 0.3) is 0 Å². The van der Waals surface area contributed by atoms with Crippen molar-refractivity contribution in [1.29, 1.82) is 0 Å². The Bertz CT molecular complexity index is 1080. The van der Waals surface area contributed by atoms with E-state index in [0.29, 0.717) is 5.56 Å². The molecule has 0 aliphatic carbocycles. The third kappa shape index (κ3) is 3.98. The molecule has 1 fully saturated rings. The fourth-order valence-corrected chi connectivity index (χ4v) is 3.74. The predicted octanol–water partition coefficient (Wildman–Crippen LogP) is -0.391. The number of ketones is 1. The van der Waals surface area contributed by atoms with Crippen LogP contribution in [0, 0.1) is 0 Å². The van der Waals surface area contributed by atoms with Gasteiger partial charge in [0, 0.05) is 18.6 Å². The van der Waals surface area contributed by atoms with Crippen LogP contribution >= 0.6 is 0 Å². The molecule has 8 N–H and O–H groups in total. The summed E-state index contributed by atoms with van der Waals surface area (Å²) in [4.78, 5) is 12.8. The summed E-state index contributed by atoms with van der Waals surface area (Å²) in [6, 6.07) is 3.32. The second-order valence-electron chi connectivity index (χ2n) is 7.74. The van der Waals surface area contributed by atoms with Crippen LogP contribution in [0.2, 0.25) is 0 Å². The molecule has 178 valence electrons. The number of aliphatic hydroxyl groups is 4. The molecule has 0 spiro atoms. The van der Waals surface area contributed by atoms with Crippen molar-refractivity contribution >= 4 is 5.78 Å². The van der Waals surface area contributed by atoms with Crippen LogP contribution in [0.4, 0.5) is 0 Å². The van der Waals surface area contributed by atoms with E-state index in [9.17, 15) is 45.6 Å². The monoisotopic (exact) mass is 466 g/mol. The molecule has 33 heavy (non-hydrogen) atoms. The highest BCUT2D eigenvalue weighted by molar-refractivity contribution is 6.03. The van der Waals surface area contributed by atoms with E-state index in [1.54, 1.807) is 0 Å². The average Bonchev–Trinajstić information content (AvgIpc) is 2.76. The third-order valence-electron chi connectivity index (χ3n) is 5.56. The zero-order valence-corrected chi connectivity index (χ0v) is 17.0. The Morgan fingerprint density at radius 3 is 2.24 bits per heavy atom. The lowest BCUT2D eigenvalue weighted by molar-refractivity contribution is -0.277. The van der Waals surface area contributed by atoms with E-state index in [0.717, 1.165) is 12.1 Å². The van der Waals surface area contributed by atoms with Crippen molar-refractivity contribution in [3.63, 3.8) is 0 Å². The van der Waals surface area contributed by atoms with Gasteiger partial charge in [0.2, 0.25) is 12.0 Å². The Labute approximate surface area is 186 Å². The lowest BCUT2D eigenvalue weighted by Gasteiger charge is -2.39. The SMILES string of the molecule is O=C1CCc2cc(O)c(O)cc2Oc2cc(O)c(O[C@@H]3O[C@H](CO)[C@@H](O)[C@H](O)[C@H]3O)c(O)c21. The molecule has 2 heterocycles. The highest BCUT2D eigenvalue weighted by atomic mass is 16.7. The molecule has 0 saturated carbocycles. The number of fused-ring (bicyclic) bond motifs is 2. The molecule has 5 atom stereocenters. The molecule has 2 aliphatic rings. The van der Waals surface area contributed by atoms with E-state index in [2.05, 4.69) is 0 Å². The van der Waals surface area contributed by atoms with Gasteiger partial charge in [-0.05, 0) is 18.1 Å². The van der Waals surface area contributed by atoms with Crippen LogP contribution < -0.4 is 9.47 Å². The van der Waals surface area contributed by atoms with Gasteiger partial charge in [-0.2, -0.15) is 0 Å². The van der Waals surface area contributed by atoms with E-state index < -0.39 is 71.8 Å². The quantitative estimate of drug-likeness (QED) is 0.272. The molecule has 2 aliphatic heterocycles. The van der Waals surface area contributed by atoms with Crippen LogP contribution in [0.1, 0.15) is 22.3 Å². The summed E-state index contributed by atoms with van der Waals surface area (Å²) >= 11 is 0. The summed E-state index contributed by atoms with van der Waals surface area (Å²) in [5.74, 6) is -3.87. The molecule has 0 bridgehead atoms. The Kier molecular flexibility index (Phi) is 5.95. The summed E-state index contributed by atoms with van der Waals surface area (Å²) in [5.41, 5.74) is 0.0514. The number of phenolic OH excluding ortho intramolecular Hbond substituents is 4. The van der Waals surface area contributed by atoms with Gasteiger partial charge in [-0.15, -0.1) is 0 Å². The van der Waals surface area contributed by atoms with Gasteiger partial charge < -0.3 is 55.1 Å². The Morgan fingerprint density at radius 2 is 1.55 bits per heavy atom. The van der Waals surface area contributed by atoms with Gasteiger partial charge in [-0.3, -0.25) is 4.79 Å². The molecule has 12 nitrogen and oxygen atoms in total. The molecule has 0 radical (unpaired) electrons. The maximum Gasteiger partial charge on any atom is 0.229 e. The Hall–Kier alpha value is -3.29. The molecular weight excluding hydrogens is 444 g/mol. The van der Waals surface area contributed by atoms with Crippen LogP contribution in [-0.2, 0) is 11.2 Å². The fraction of sp³-hybridized carbons (Fsp3) is 0.381. The van der Waals surface area contributed by atoms with E-state index >= 15 is 0 Å². The number of hydrogen-bond acceptors (Lipinski definition) is 12. The highest BCUT2D eigenvalue weighted by Crippen LogP contribution is 2.48. The second-order valence-corrected chi connectivity index (χ2v) is 7.74. The number of rotatable bonds is 3. The van der Waals surface area contributed by atoms with Crippen molar-refractivity contribution in [3.8, 4) is 40.2 Å². The Balaban J connectivity index is 1.72. The molecule has 0 amide bonds. The predicted molar refractivity (Wildman–Crippen MR) is 107 cm³/mol. The molecule has 2 aromatic rings. The van der Waals surface area contributed by atoms with Gasteiger partial charge in [0.1, 0.15) is 41.5 Å². The first kappa shape index (κ1) is 22.9. The van der Waals surface area contributed by atoms with Crippen molar-refractivity contribution in [2.45, 2.75) is 43.5 Å². The third-order valence-corrected chi connectivity index (χ3v) is 5.56. The smallest absolute Gasteiger partial charge is 0.229 e. The van der Waals surface area contributed by atoms with Crippen molar-refractivity contribution in [2.75, 3.05) is 6.61 Å². The average molecular weight is 466 g/mol. The summed E-state index contributed by atoms with van der Waals surface area (Å²) in [7, 11) is 0. The number of benzene rings is 2. The van der Waals surface area contributed by atoms with E-state index in [1.807, 2.05) is 0 Å². The number of hydrogen-bond donors (Lipinski definition) is 8. The maximum absolute atomic E-state index is 12.8. The molecule has 1 saturated heterocycles. The van der Waals surface area contributed by atoms with Crippen LogP contribution in [-0.4, -0.2) is 83.9 Å². The molecule has 4 rings (SSSR count). The Morgan fingerprint density at radius 1 is 0.879 bits per heavy atom. The number of Topliss-reactive ketones (excluding diaryl/α,β-unsaturated/α-hetero) is 1. The standard InChI is InChI=1S/C21H22O12/c22-6-14-16(27)18(29)19(30)21(32-14)33-20-11(26)5-13-15(17(20)28)8(23)2-1-7-3-9(24)10(25)4-12(7)31-13/h3-5,14,16,18-19,21-22,24-30H,1-2,6H2/t14-,16-,18+,19-,21+/m1/s1. The number of aromatic hydroxyl groups is 4. The first-order valence-corrected chi connectivity index (χ1v) is 9.94. The topological polar surface area (TPSA) is 207 Å². The first-order chi connectivity index (χ1) is 15.6. The van der Waals surface area contributed by atoms with E-state index in [1.165, 1.54) is 6.07 Å². The van der Waals surface area contributed by atoms with Crippen LogP contribution in [0.15, 0.2) is 18.2 Å². The zero-order chi connectivity index (χ0) is 24.0. The second kappa shape index (κ2) is 8.57. The van der Waals surface area contributed by atoms with Gasteiger partial charge >= 0.3 is 0 Å². The maximum atomic E-state index is 12.8. The minimum atomic E-state index is -1.82. The summed E-state index contributed by atoms with van der Waals surface area (Å²) < 4.78 is 16.2. The fourth-order valence-electron chi connectivity index (χ4n) is 3.74. The zero-order valence-electron chi connectivity index (χ0n) is 17.0. The summed E-state index contributed by atoms with van der Waals surface area (Å²) in [6.45, 7) is -0.721. The minimum Gasteiger partial charge on any atom is -0.504 e. The normalized spacial score (nSPS) is 27.0. The van der Waals surface area contributed by atoms with Crippen LogP contribution in [0.25, 0.3) is 0 Å². The molecule has 12 heteroatoms. The number of carbonyl (C=O) groups is 1. The van der Waals surface area contributed by atoms with E-state index in [4.69, 9.17) is 14.2 Å². The molecular formula is C21H22O12. The van der Waals surface area contributed by atoms with Crippen molar-refractivity contribution in [3.05, 3.63) is 29.3 Å². The van der Waals surface area contributed by atoms with Crippen molar-refractivity contribution < 1.29 is 59.9 Å². The summed E-state index contributed by atoms with van der Waals surface area (Å²) in [6.07, 6.45) is -8.28. The van der Waals surface area contributed by atoms with Crippen LogP contribution in [0.5, 0.6) is 40.2 Å². The summed E-state index contributed by atoms with van der Waals surface area (Å²) in [5, 5.41) is 79.9. The van der Waals surface area contributed by atoms with Gasteiger partial charge in [-0.1, -0.05) is 0 Å². The largest absolute Gasteiger partial charge is 0.504 e. The van der Waals surface area contributed by atoms with Crippen molar-refractivity contribution in [1.82, 2.24) is 0 Å². The van der Waals surface area contributed by atoms with Crippen LogP contribution in [0.3, 0.4) is 0 Å². The lowest BCUT2D eigenvalue weighted by Crippen LogP contribution is -2.60. The lowest BCUT2D eigenvalue weighted by atomic mass is 9.97. The van der Waals surface area contributed by atoms with E-state index in [-0.39, 0.29) is 29.9 Å². The minimum absolute atomic E-state index is 0.0838. The molecule has 0 unspecified atom stereocenters. The number of aliphatic hydroxyl groups excluding tert-OH is 4. The van der Waals surface area contributed by atoms with Gasteiger partial charge in [0.15, 0.2) is 28.8 Å². The number of phenols is 4. The number of aryl methyl sites for hydroxylation is 1. The molecule has 0 aromatic heterocycles. The van der Waals surface area contributed by atoms with Gasteiger partial charge in [-0.25, -0.2) is 0 Å². The first-order valence-electron chi connectivity index (χ1n) is 9.94. The van der Waals surface area contributed by atoms with Gasteiger partial charge in [0.05, 0.1) is 6.61 Å². The van der Waals surface area contributed by atoms with Crippen molar-refractivity contribution in [2.24, 2.45) is 0 Å². The molecule has 2 aromatic carbocycles. The highest BCUT2D eigenvalue weighted by Gasteiger charge is 2.45. The number of ether oxygens (including phenoxy) is 3.